The topological polar surface area (TPSA) is 30.0 Å². The van der Waals surface area contributed by atoms with E-state index in [9.17, 15) is 4.79 Å². The van der Waals surface area contributed by atoms with Crippen molar-refractivity contribution in [2.45, 2.75) is 33.1 Å². The van der Waals surface area contributed by atoms with Gasteiger partial charge in [-0.15, -0.1) is 0 Å². The molecule has 1 heterocycles. The number of Topliss-reactive ketones (excluding diaryl/α,β-unsaturated/α-hetero) is 1. The van der Waals surface area contributed by atoms with Crippen molar-refractivity contribution in [1.82, 2.24) is 4.98 Å². The van der Waals surface area contributed by atoms with E-state index in [-0.39, 0.29) is 11.7 Å². The highest BCUT2D eigenvalue weighted by molar-refractivity contribution is 6.32. The third-order valence-electron chi connectivity index (χ3n) is 3.16. The molecule has 1 aliphatic rings. The number of hydrogen-bond acceptors (Lipinski definition) is 2. The van der Waals surface area contributed by atoms with Gasteiger partial charge in [0, 0.05) is 11.6 Å². The Morgan fingerprint density at radius 3 is 2.67 bits per heavy atom. The lowest BCUT2D eigenvalue weighted by Gasteiger charge is -2.24. The summed E-state index contributed by atoms with van der Waals surface area (Å²) in [6, 6.07) is 1.87. The number of ketones is 1. The Kier molecular flexibility index (Phi) is 2.79. The quantitative estimate of drug-likeness (QED) is 0.569. The number of rotatable bonds is 2. The van der Waals surface area contributed by atoms with Crippen molar-refractivity contribution in [3.05, 3.63) is 28.0 Å². The van der Waals surface area contributed by atoms with Gasteiger partial charge in [-0.1, -0.05) is 18.0 Å². The van der Waals surface area contributed by atoms with Gasteiger partial charge in [-0.2, -0.15) is 0 Å². The maximum absolute atomic E-state index is 12.0. The minimum absolute atomic E-state index is 0.168. The summed E-state index contributed by atoms with van der Waals surface area (Å²) < 4.78 is 0. The van der Waals surface area contributed by atoms with Crippen LogP contribution in [0.1, 0.15) is 40.9 Å². The molecule has 1 aromatic rings. The second-order valence-electron chi connectivity index (χ2n) is 4.22. The Hall–Kier alpha value is -0.890. The van der Waals surface area contributed by atoms with E-state index < -0.39 is 0 Å². The monoisotopic (exact) mass is 223 g/mol. The number of nitrogens with zero attached hydrogens (tertiary/aromatic N) is 1. The Bertz CT molecular complexity index is 410. The largest absolute Gasteiger partial charge is 0.294 e. The lowest BCUT2D eigenvalue weighted by molar-refractivity contribution is 0.0855. The molecule has 1 aliphatic carbocycles. The van der Waals surface area contributed by atoms with Gasteiger partial charge in [-0.3, -0.25) is 4.79 Å². The summed E-state index contributed by atoms with van der Waals surface area (Å²) >= 11 is 5.99. The van der Waals surface area contributed by atoms with Crippen LogP contribution in [0.3, 0.4) is 0 Å². The smallest absolute Gasteiger partial charge is 0.169 e. The van der Waals surface area contributed by atoms with Crippen molar-refractivity contribution in [2.24, 2.45) is 5.92 Å². The van der Waals surface area contributed by atoms with Gasteiger partial charge in [0.2, 0.25) is 0 Å². The van der Waals surface area contributed by atoms with Gasteiger partial charge in [0.1, 0.15) is 5.15 Å². The van der Waals surface area contributed by atoms with E-state index in [0.29, 0.717) is 10.7 Å². The molecular weight excluding hydrogens is 210 g/mol. The van der Waals surface area contributed by atoms with Gasteiger partial charge in [0.15, 0.2) is 5.78 Å². The molecule has 0 saturated heterocycles. The minimum atomic E-state index is 0.168. The Labute approximate surface area is 94.7 Å². The van der Waals surface area contributed by atoms with E-state index >= 15 is 0 Å². The van der Waals surface area contributed by atoms with E-state index in [1.165, 1.54) is 0 Å². The normalized spacial score (nSPS) is 16.2. The Morgan fingerprint density at radius 2 is 2.13 bits per heavy atom. The zero-order valence-corrected chi connectivity index (χ0v) is 9.77. The molecule has 1 aromatic heterocycles. The second-order valence-corrected chi connectivity index (χ2v) is 4.58. The summed E-state index contributed by atoms with van der Waals surface area (Å²) in [7, 11) is 0. The third kappa shape index (κ3) is 1.91. The maximum Gasteiger partial charge on any atom is 0.169 e. The molecule has 2 nitrogen and oxygen atoms in total. The van der Waals surface area contributed by atoms with Gasteiger partial charge >= 0.3 is 0 Å². The number of aromatic nitrogens is 1. The van der Waals surface area contributed by atoms with E-state index in [1.54, 1.807) is 0 Å². The number of aryl methyl sites for hydroxylation is 2. The summed E-state index contributed by atoms with van der Waals surface area (Å²) in [6.45, 7) is 3.86. The zero-order valence-electron chi connectivity index (χ0n) is 9.01. The summed E-state index contributed by atoms with van der Waals surface area (Å²) in [6.07, 6.45) is 3.16. The first-order chi connectivity index (χ1) is 7.09. The highest BCUT2D eigenvalue weighted by Crippen LogP contribution is 2.31. The average molecular weight is 224 g/mol. The molecular formula is C12H14ClNO. The van der Waals surface area contributed by atoms with Crippen molar-refractivity contribution in [1.29, 1.82) is 0 Å². The number of pyridine rings is 1. The predicted molar refractivity (Wildman–Crippen MR) is 60.4 cm³/mol. The molecule has 0 aromatic carbocycles. The highest BCUT2D eigenvalue weighted by atomic mass is 35.5. The van der Waals surface area contributed by atoms with Gasteiger partial charge < -0.3 is 0 Å². The molecule has 1 fully saturated rings. The third-order valence-corrected chi connectivity index (χ3v) is 3.45. The predicted octanol–water partition coefficient (Wildman–Crippen LogP) is 3.33. The van der Waals surface area contributed by atoms with E-state index in [0.717, 1.165) is 30.5 Å². The van der Waals surface area contributed by atoms with Crippen LogP contribution in [-0.2, 0) is 0 Å². The van der Waals surface area contributed by atoms with Gasteiger partial charge in [-0.05, 0) is 38.3 Å². The summed E-state index contributed by atoms with van der Waals surface area (Å²) in [5, 5.41) is 0.356. The number of carbonyl (C=O) groups is 1. The van der Waals surface area contributed by atoms with Crippen LogP contribution in [0.2, 0.25) is 5.15 Å². The SMILES string of the molecule is Cc1cc(C(=O)C2CCC2)c(Cl)nc1C. The first-order valence-corrected chi connectivity index (χ1v) is 5.65. The van der Waals surface area contributed by atoms with Crippen LogP contribution in [0.25, 0.3) is 0 Å². The van der Waals surface area contributed by atoms with E-state index in [4.69, 9.17) is 11.6 Å². The van der Waals surface area contributed by atoms with Crippen molar-refractivity contribution < 1.29 is 4.79 Å². The first kappa shape index (κ1) is 10.6. The molecule has 0 aliphatic heterocycles. The lowest BCUT2D eigenvalue weighted by atomic mass is 9.80. The fourth-order valence-corrected chi connectivity index (χ4v) is 2.01. The maximum atomic E-state index is 12.0. The van der Waals surface area contributed by atoms with Crippen molar-refractivity contribution in [3.63, 3.8) is 0 Å². The van der Waals surface area contributed by atoms with Crippen LogP contribution in [0.5, 0.6) is 0 Å². The lowest BCUT2D eigenvalue weighted by Crippen LogP contribution is -2.22. The van der Waals surface area contributed by atoms with Gasteiger partial charge in [-0.25, -0.2) is 4.98 Å². The molecule has 2 rings (SSSR count). The standard InChI is InChI=1S/C12H14ClNO/c1-7-6-10(12(13)14-8(7)2)11(15)9-4-3-5-9/h6,9H,3-5H2,1-2H3. The van der Waals surface area contributed by atoms with E-state index in [2.05, 4.69) is 4.98 Å². The molecule has 0 spiro atoms. The minimum Gasteiger partial charge on any atom is -0.294 e. The first-order valence-electron chi connectivity index (χ1n) is 5.27. The van der Waals surface area contributed by atoms with Gasteiger partial charge in [0.25, 0.3) is 0 Å². The molecule has 0 amide bonds. The molecule has 15 heavy (non-hydrogen) atoms. The van der Waals surface area contributed by atoms with E-state index in [1.807, 2.05) is 19.9 Å². The Balaban J connectivity index is 2.34. The zero-order chi connectivity index (χ0) is 11.0. The van der Waals surface area contributed by atoms with Gasteiger partial charge in [0.05, 0.1) is 5.56 Å². The fourth-order valence-electron chi connectivity index (χ4n) is 1.74. The average Bonchev–Trinajstić information content (AvgIpc) is 2.08. The van der Waals surface area contributed by atoms with Crippen LogP contribution in [-0.4, -0.2) is 10.8 Å². The number of hydrogen-bond donors (Lipinski definition) is 0. The summed E-state index contributed by atoms with van der Waals surface area (Å²) in [5.74, 6) is 0.355. The second kappa shape index (κ2) is 3.93. The van der Waals surface area contributed by atoms with Crippen molar-refractivity contribution in [3.8, 4) is 0 Å². The van der Waals surface area contributed by atoms with Crippen molar-refractivity contribution >= 4 is 17.4 Å². The molecule has 80 valence electrons. The van der Waals surface area contributed by atoms with Crippen molar-refractivity contribution in [2.75, 3.05) is 0 Å². The highest BCUT2D eigenvalue weighted by Gasteiger charge is 2.28. The number of halogens is 1. The van der Waals surface area contributed by atoms with Crippen LogP contribution in [0.4, 0.5) is 0 Å². The summed E-state index contributed by atoms with van der Waals surface area (Å²) in [4.78, 5) is 16.2. The summed E-state index contributed by atoms with van der Waals surface area (Å²) in [5.41, 5.74) is 2.52. The van der Waals surface area contributed by atoms with Crippen LogP contribution in [0, 0.1) is 19.8 Å². The van der Waals surface area contributed by atoms with Crippen LogP contribution < -0.4 is 0 Å². The molecule has 0 atom stereocenters. The Morgan fingerprint density at radius 1 is 1.47 bits per heavy atom. The van der Waals surface area contributed by atoms with Crippen LogP contribution in [0.15, 0.2) is 6.07 Å². The fraction of sp³-hybridized carbons (Fsp3) is 0.500. The van der Waals surface area contributed by atoms with Crippen LogP contribution >= 0.6 is 11.6 Å². The molecule has 3 heteroatoms. The molecule has 0 unspecified atom stereocenters. The molecule has 1 saturated carbocycles. The molecule has 0 radical (unpaired) electrons. The molecule has 0 bridgehead atoms. The number of carbonyl (C=O) groups excluding carboxylic acids is 1. The molecule has 0 N–H and O–H groups in total.